The van der Waals surface area contributed by atoms with E-state index < -0.39 is 63.5 Å². The molecule has 0 aromatic heterocycles. The Hall–Kier alpha value is -2.16. The van der Waals surface area contributed by atoms with Crippen LogP contribution in [0.5, 0.6) is 0 Å². The van der Waals surface area contributed by atoms with Crippen molar-refractivity contribution in [2.24, 2.45) is 0 Å². The van der Waals surface area contributed by atoms with Gasteiger partial charge in [-0.25, -0.2) is 0 Å². The number of esters is 1. The molecule has 0 bridgehead atoms. The van der Waals surface area contributed by atoms with Crippen LogP contribution >= 0.6 is 22.6 Å². The van der Waals surface area contributed by atoms with Crippen molar-refractivity contribution in [1.29, 1.82) is 0 Å². The molecule has 3 aromatic carbocycles. The monoisotopic (exact) mass is 774 g/mol. The average molecular weight is 775 g/mol. The molecule has 0 radical (unpaired) electrons. The Balaban J connectivity index is 1.50. The van der Waals surface area contributed by atoms with E-state index in [2.05, 4.69) is 67.6 Å². The Bertz CT molecular complexity index is 1380. The van der Waals surface area contributed by atoms with Gasteiger partial charge in [-0.05, 0) is 34.8 Å². The van der Waals surface area contributed by atoms with Crippen molar-refractivity contribution in [3.8, 4) is 0 Å². The van der Waals surface area contributed by atoms with Crippen molar-refractivity contribution >= 4 is 47.3 Å². The van der Waals surface area contributed by atoms with Crippen molar-refractivity contribution in [3.05, 3.63) is 96.6 Å². The highest BCUT2D eigenvalue weighted by Gasteiger charge is 2.57. The Labute approximate surface area is 293 Å². The SMILES string of the molecule is CC(=O)O[C@@H]1[C@H](O[Si](c2ccccc2)(c2ccccc2)C(C)(C)C)[C@@H](I)[C@@H](O[C@H]2[C@H](C)O[C@@H](O)C[C@H]2OCc2ccccc2)O[C@H]1C. The third kappa shape index (κ3) is 8.18. The number of halogens is 1. The van der Waals surface area contributed by atoms with Gasteiger partial charge in [-0.2, -0.15) is 0 Å². The molecule has 0 saturated carbocycles. The highest BCUT2D eigenvalue weighted by molar-refractivity contribution is 14.1. The summed E-state index contributed by atoms with van der Waals surface area (Å²) in [7, 11) is -3.06. The van der Waals surface area contributed by atoms with Gasteiger partial charge >= 0.3 is 5.97 Å². The maximum Gasteiger partial charge on any atom is 0.303 e. The lowest BCUT2D eigenvalue weighted by molar-refractivity contribution is -0.307. The topological polar surface area (TPSA) is 92.7 Å². The summed E-state index contributed by atoms with van der Waals surface area (Å²) >= 11 is 2.33. The minimum atomic E-state index is -3.06. The summed E-state index contributed by atoms with van der Waals surface area (Å²) in [6, 6.07) is 30.7. The number of hydrogen-bond donors (Lipinski definition) is 1. The van der Waals surface area contributed by atoms with Gasteiger partial charge in [0.2, 0.25) is 0 Å². The van der Waals surface area contributed by atoms with Gasteiger partial charge in [0.15, 0.2) is 18.7 Å². The lowest BCUT2D eigenvalue weighted by Gasteiger charge is -2.51. The van der Waals surface area contributed by atoms with Crippen LogP contribution in [0.3, 0.4) is 0 Å². The number of aliphatic hydroxyl groups is 1. The molecule has 2 fully saturated rings. The van der Waals surface area contributed by atoms with Crippen LogP contribution in [0.4, 0.5) is 0 Å². The molecule has 1 N–H and O–H groups in total. The molecule has 9 atom stereocenters. The second kappa shape index (κ2) is 15.6. The quantitative estimate of drug-likeness (QED) is 0.125. The van der Waals surface area contributed by atoms with E-state index in [0.717, 1.165) is 15.9 Å². The van der Waals surface area contributed by atoms with Crippen LogP contribution in [0.25, 0.3) is 0 Å². The van der Waals surface area contributed by atoms with E-state index >= 15 is 0 Å². The van der Waals surface area contributed by atoms with E-state index in [1.54, 1.807) is 0 Å². The van der Waals surface area contributed by atoms with Crippen molar-refractivity contribution in [1.82, 2.24) is 0 Å². The van der Waals surface area contributed by atoms with E-state index in [0.29, 0.717) is 6.61 Å². The number of carbonyl (C=O) groups is 1. The third-order valence-electron chi connectivity index (χ3n) is 8.97. The summed E-state index contributed by atoms with van der Waals surface area (Å²) in [4.78, 5) is 12.5. The molecule has 2 heterocycles. The van der Waals surface area contributed by atoms with E-state index in [1.807, 2.05) is 80.6 Å². The lowest BCUT2D eigenvalue weighted by atomic mass is 10.00. The van der Waals surface area contributed by atoms with Crippen LogP contribution in [-0.4, -0.2) is 72.5 Å². The Kier molecular flexibility index (Phi) is 12.0. The Morgan fingerprint density at radius 1 is 0.851 bits per heavy atom. The molecule has 2 aliphatic rings. The highest BCUT2D eigenvalue weighted by atomic mass is 127. The summed E-state index contributed by atoms with van der Waals surface area (Å²) in [5.74, 6) is -0.401. The molecule has 0 amide bonds. The summed E-state index contributed by atoms with van der Waals surface area (Å²) in [6.45, 7) is 12.2. The van der Waals surface area contributed by atoms with Gasteiger partial charge in [0, 0.05) is 13.3 Å². The minimum Gasteiger partial charge on any atom is -0.457 e. The molecule has 0 aliphatic carbocycles. The van der Waals surface area contributed by atoms with Gasteiger partial charge in [-0.15, -0.1) is 0 Å². The van der Waals surface area contributed by atoms with E-state index in [-0.39, 0.29) is 15.4 Å². The van der Waals surface area contributed by atoms with Crippen LogP contribution in [0.15, 0.2) is 91.0 Å². The maximum absolute atomic E-state index is 12.5. The van der Waals surface area contributed by atoms with Gasteiger partial charge in [0.25, 0.3) is 8.32 Å². The van der Waals surface area contributed by atoms with Crippen LogP contribution in [-0.2, 0) is 39.5 Å². The zero-order valence-electron chi connectivity index (χ0n) is 28.0. The van der Waals surface area contributed by atoms with Crippen LogP contribution in [0.1, 0.15) is 53.5 Å². The van der Waals surface area contributed by atoms with Gasteiger partial charge in [-0.1, -0.05) is 134 Å². The first-order chi connectivity index (χ1) is 22.4. The van der Waals surface area contributed by atoms with Gasteiger partial charge in [0.1, 0.15) is 12.2 Å². The predicted octanol–water partition coefficient (Wildman–Crippen LogP) is 5.51. The van der Waals surface area contributed by atoms with Crippen molar-refractivity contribution in [3.63, 3.8) is 0 Å². The number of ether oxygens (including phenoxy) is 5. The molecular formula is C37H47IO8Si. The molecule has 10 heteroatoms. The van der Waals surface area contributed by atoms with E-state index in [1.165, 1.54) is 6.92 Å². The predicted molar refractivity (Wildman–Crippen MR) is 191 cm³/mol. The van der Waals surface area contributed by atoms with Crippen molar-refractivity contribution in [2.45, 2.75) is 113 Å². The van der Waals surface area contributed by atoms with Crippen molar-refractivity contribution in [2.75, 3.05) is 0 Å². The first-order valence-electron chi connectivity index (χ1n) is 16.3. The number of benzene rings is 3. The zero-order chi connectivity index (χ0) is 33.8. The fourth-order valence-corrected chi connectivity index (χ4v) is 12.6. The molecule has 5 rings (SSSR count). The van der Waals surface area contributed by atoms with Crippen LogP contribution in [0.2, 0.25) is 5.04 Å². The van der Waals surface area contributed by atoms with Gasteiger partial charge in [-0.3, -0.25) is 4.79 Å². The summed E-state index contributed by atoms with van der Waals surface area (Å²) in [5.41, 5.74) is 1.03. The smallest absolute Gasteiger partial charge is 0.303 e. The largest absolute Gasteiger partial charge is 0.457 e. The third-order valence-corrected chi connectivity index (χ3v) is 15.3. The number of hydrogen-bond acceptors (Lipinski definition) is 8. The van der Waals surface area contributed by atoms with E-state index in [9.17, 15) is 9.90 Å². The molecule has 2 saturated heterocycles. The Morgan fingerprint density at radius 3 is 1.91 bits per heavy atom. The zero-order valence-corrected chi connectivity index (χ0v) is 31.1. The molecule has 2 aliphatic heterocycles. The summed E-state index contributed by atoms with van der Waals surface area (Å²) < 4.78 is 38.7. The summed E-state index contributed by atoms with van der Waals surface area (Å²) in [5, 5.41) is 12.4. The molecule has 0 unspecified atom stereocenters. The minimum absolute atomic E-state index is 0.258. The Morgan fingerprint density at radius 2 is 1.38 bits per heavy atom. The fourth-order valence-electron chi connectivity index (χ4n) is 6.77. The maximum atomic E-state index is 12.5. The van der Waals surface area contributed by atoms with Crippen LogP contribution in [0, 0.1) is 0 Å². The molecule has 3 aromatic rings. The number of aliphatic hydroxyl groups excluding tert-OH is 1. The highest BCUT2D eigenvalue weighted by Crippen LogP contribution is 2.42. The normalized spacial score (nSPS) is 30.1. The summed E-state index contributed by atoms with van der Waals surface area (Å²) in [6.07, 6.45) is -4.68. The fraction of sp³-hybridized carbons (Fsp3) is 0.486. The number of alkyl halides is 1. The molecule has 254 valence electrons. The van der Waals surface area contributed by atoms with Crippen LogP contribution < -0.4 is 10.4 Å². The number of carbonyl (C=O) groups excluding carboxylic acids is 1. The molecule has 8 nitrogen and oxygen atoms in total. The molecular weight excluding hydrogens is 727 g/mol. The first kappa shape index (κ1) is 36.1. The van der Waals surface area contributed by atoms with Gasteiger partial charge in [0.05, 0.1) is 28.8 Å². The van der Waals surface area contributed by atoms with E-state index in [4.69, 9.17) is 28.1 Å². The van der Waals surface area contributed by atoms with Crippen molar-refractivity contribution < 1.29 is 38.0 Å². The lowest BCUT2D eigenvalue weighted by Crippen LogP contribution is -2.71. The number of rotatable bonds is 10. The average Bonchev–Trinajstić information content (AvgIpc) is 3.04. The standard InChI is InChI=1S/C37H47IO8Si/c1-24-33(30(22-31(40)42-24)41-23-27-16-10-7-11-17-27)45-36-32(38)35(34(25(2)43-36)44-26(3)39)46-47(37(4,5)6,28-18-12-8-13-19-28)29-20-14-9-15-21-29/h7-21,24-25,30-36,40H,22-23H2,1-6H3/t24-,25-,30+,31+,32+,33-,34-,35+,36+/m0/s1. The molecule has 47 heavy (non-hydrogen) atoms. The molecule has 0 spiro atoms. The van der Waals surface area contributed by atoms with Gasteiger partial charge < -0.3 is 33.2 Å². The second-order valence-corrected chi connectivity index (χ2v) is 19.1. The first-order valence-corrected chi connectivity index (χ1v) is 19.5. The second-order valence-electron chi connectivity index (χ2n) is 13.4.